The van der Waals surface area contributed by atoms with Crippen LogP contribution in [0, 0.1) is 5.82 Å². The number of nitrogens with one attached hydrogen (secondary N) is 1. The number of pyridine rings is 2. The maximum Gasteiger partial charge on any atom is 0.256 e. The summed E-state index contributed by atoms with van der Waals surface area (Å²) < 4.78 is 28.0. The Morgan fingerprint density at radius 3 is 2.45 bits per heavy atom. The number of hydrogen-bond acceptors (Lipinski definition) is 4. The van der Waals surface area contributed by atoms with Gasteiger partial charge in [-0.2, -0.15) is 0 Å². The lowest BCUT2D eigenvalue weighted by Gasteiger charge is -2.30. The molecule has 0 fully saturated rings. The summed E-state index contributed by atoms with van der Waals surface area (Å²) in [5, 5.41) is 2.80. The number of halogens is 2. The van der Waals surface area contributed by atoms with E-state index in [0.717, 1.165) is 0 Å². The summed E-state index contributed by atoms with van der Waals surface area (Å²) in [6.45, 7) is 3.28. The van der Waals surface area contributed by atoms with Crippen LogP contribution in [0.4, 0.5) is 14.6 Å². The quantitative estimate of drug-likeness (QED) is 0.409. The van der Waals surface area contributed by atoms with Gasteiger partial charge in [0.05, 0.1) is 23.8 Å². The number of alkyl halides is 1. The molecule has 0 aliphatic heterocycles. The van der Waals surface area contributed by atoms with Crippen molar-refractivity contribution >= 4 is 17.7 Å². The Morgan fingerprint density at radius 2 is 1.88 bits per heavy atom. The van der Waals surface area contributed by atoms with Gasteiger partial charge in [0.1, 0.15) is 17.8 Å². The summed E-state index contributed by atoms with van der Waals surface area (Å²) >= 11 is 0. The van der Waals surface area contributed by atoms with Gasteiger partial charge in [0, 0.05) is 30.6 Å². The van der Waals surface area contributed by atoms with E-state index in [4.69, 9.17) is 5.73 Å². The molecule has 0 bridgehead atoms. The summed E-state index contributed by atoms with van der Waals surface area (Å²) in [5.41, 5.74) is 7.32. The van der Waals surface area contributed by atoms with E-state index >= 15 is 0 Å². The molecule has 9 heteroatoms. The highest BCUT2D eigenvalue weighted by Gasteiger charge is 2.26. The third-order valence-corrected chi connectivity index (χ3v) is 5.23. The third kappa shape index (κ3) is 5.88. The van der Waals surface area contributed by atoms with Crippen LogP contribution >= 0.6 is 0 Å². The van der Waals surface area contributed by atoms with Crippen LogP contribution in [-0.4, -0.2) is 33.8 Å². The molecule has 1 amide bonds. The van der Waals surface area contributed by atoms with Gasteiger partial charge >= 0.3 is 0 Å². The molecule has 0 saturated carbocycles. The lowest BCUT2D eigenvalue weighted by Crippen LogP contribution is -2.34. The zero-order valence-electron chi connectivity index (χ0n) is 18.7. The van der Waals surface area contributed by atoms with Crippen LogP contribution in [0.1, 0.15) is 53.2 Å². The summed E-state index contributed by atoms with van der Waals surface area (Å²) in [6.07, 6.45) is 1.71. The predicted octanol–water partition coefficient (Wildman–Crippen LogP) is 4.41. The summed E-state index contributed by atoms with van der Waals surface area (Å²) in [6, 6.07) is 12.2. The second kappa shape index (κ2) is 10.6. The van der Waals surface area contributed by atoms with E-state index < -0.39 is 18.0 Å². The average molecular weight is 453 g/mol. The van der Waals surface area contributed by atoms with Gasteiger partial charge in [0.25, 0.3) is 5.91 Å². The zero-order chi connectivity index (χ0) is 24.0. The number of rotatable bonds is 7. The fourth-order valence-corrected chi connectivity index (χ4v) is 3.25. The van der Waals surface area contributed by atoms with Crippen LogP contribution in [0.2, 0.25) is 0 Å². The molecule has 0 aliphatic carbocycles. The number of hydrogen-bond donors (Lipinski definition) is 2. The Kier molecular flexibility index (Phi) is 7.66. The van der Waals surface area contributed by atoms with Crippen molar-refractivity contribution < 1.29 is 13.6 Å². The normalized spacial score (nSPS) is 13.3. The van der Waals surface area contributed by atoms with Crippen LogP contribution in [-0.2, 0) is 6.54 Å². The first-order valence-corrected chi connectivity index (χ1v) is 10.4. The number of nitrogens with two attached hydrogens (primary N) is 1. The number of amides is 1. The molecule has 172 valence electrons. The van der Waals surface area contributed by atoms with Crippen molar-refractivity contribution in [2.24, 2.45) is 10.7 Å². The average Bonchev–Trinajstić information content (AvgIpc) is 2.82. The molecule has 2 heterocycles. The topological polar surface area (TPSA) is 96.5 Å². The maximum absolute atomic E-state index is 14.5. The number of anilines is 1. The summed E-state index contributed by atoms with van der Waals surface area (Å²) in [5.74, 6) is -0.148. The minimum absolute atomic E-state index is 0.102. The molecular formula is C24H26F2N6O. The van der Waals surface area contributed by atoms with Crippen molar-refractivity contribution in [2.75, 3.05) is 12.4 Å². The Balaban J connectivity index is 1.92. The number of carbonyl (C=O) groups is 1. The number of nitrogens with zero attached hydrogens (tertiary/aromatic N) is 4. The molecule has 1 aromatic carbocycles. The maximum atomic E-state index is 14.5. The molecule has 3 aromatic rings. The van der Waals surface area contributed by atoms with E-state index in [1.54, 1.807) is 49.4 Å². The lowest BCUT2D eigenvalue weighted by molar-refractivity contribution is 0.0668. The highest BCUT2D eigenvalue weighted by molar-refractivity contribution is 5.95. The van der Waals surface area contributed by atoms with E-state index in [1.165, 1.54) is 37.3 Å². The molecular weight excluding hydrogens is 426 g/mol. The second-order valence-corrected chi connectivity index (χ2v) is 7.50. The monoisotopic (exact) mass is 452 g/mol. The number of benzene rings is 1. The molecule has 0 aliphatic rings. The van der Waals surface area contributed by atoms with Crippen molar-refractivity contribution in [2.45, 2.75) is 32.6 Å². The summed E-state index contributed by atoms with van der Waals surface area (Å²) in [4.78, 5) is 27.2. The van der Waals surface area contributed by atoms with Gasteiger partial charge in [-0.25, -0.2) is 13.8 Å². The minimum atomic E-state index is -1.15. The van der Waals surface area contributed by atoms with Gasteiger partial charge in [-0.3, -0.25) is 14.8 Å². The van der Waals surface area contributed by atoms with Crippen LogP contribution in [0.5, 0.6) is 0 Å². The first-order chi connectivity index (χ1) is 15.8. The number of aliphatic imine (C=N–C) groups is 1. The van der Waals surface area contributed by atoms with E-state index in [2.05, 4.69) is 20.3 Å². The Labute approximate surface area is 191 Å². The van der Waals surface area contributed by atoms with Crippen molar-refractivity contribution in [3.8, 4) is 0 Å². The standard InChI is InChI=1S/C24H26F2N6O/c1-15(25)17-8-10-19(29-12-17)14-32(16(2)20-6-4-5-7-21(20)26)23(33)18-9-11-22(30-13-18)31-24(27)28-3/h4-13,15-16H,14H2,1-3H3,(H3,27,28,30,31)/t15?,16-/m1/s1. The van der Waals surface area contributed by atoms with Gasteiger partial charge in [-0.05, 0) is 38.1 Å². The number of guanidine groups is 1. The Bertz CT molecular complexity index is 1120. The largest absolute Gasteiger partial charge is 0.370 e. The van der Waals surface area contributed by atoms with Gasteiger partial charge in [0.2, 0.25) is 0 Å². The SMILES string of the molecule is CN=C(N)Nc1ccc(C(=O)N(Cc2ccc(C(C)F)cn2)[C@H](C)c2ccccc2F)cn1. The molecule has 7 nitrogen and oxygen atoms in total. The van der Waals surface area contributed by atoms with E-state index in [0.29, 0.717) is 28.2 Å². The van der Waals surface area contributed by atoms with Crippen molar-refractivity contribution in [1.29, 1.82) is 0 Å². The highest BCUT2D eigenvalue weighted by atomic mass is 19.1. The molecule has 0 spiro atoms. The molecule has 2 atom stereocenters. The van der Waals surface area contributed by atoms with Gasteiger partial charge in [-0.1, -0.05) is 24.3 Å². The fraction of sp³-hybridized carbons (Fsp3) is 0.250. The Morgan fingerprint density at radius 1 is 1.12 bits per heavy atom. The molecule has 3 rings (SSSR count). The fourth-order valence-electron chi connectivity index (χ4n) is 3.25. The zero-order valence-corrected chi connectivity index (χ0v) is 18.7. The molecule has 2 aromatic heterocycles. The highest BCUT2D eigenvalue weighted by Crippen LogP contribution is 2.27. The molecule has 3 N–H and O–H groups in total. The Hall–Kier alpha value is -3.88. The second-order valence-electron chi connectivity index (χ2n) is 7.50. The van der Waals surface area contributed by atoms with Crippen LogP contribution in [0.3, 0.4) is 0 Å². The molecule has 0 saturated heterocycles. The van der Waals surface area contributed by atoms with E-state index in [1.807, 2.05) is 0 Å². The van der Waals surface area contributed by atoms with Crippen molar-refractivity contribution in [1.82, 2.24) is 14.9 Å². The van der Waals surface area contributed by atoms with E-state index in [-0.39, 0.29) is 18.4 Å². The minimum Gasteiger partial charge on any atom is -0.370 e. The van der Waals surface area contributed by atoms with Crippen LogP contribution in [0.15, 0.2) is 65.9 Å². The van der Waals surface area contributed by atoms with Crippen molar-refractivity contribution in [3.63, 3.8) is 0 Å². The predicted molar refractivity (Wildman–Crippen MR) is 124 cm³/mol. The molecule has 33 heavy (non-hydrogen) atoms. The molecule has 1 unspecified atom stereocenters. The van der Waals surface area contributed by atoms with E-state index in [9.17, 15) is 13.6 Å². The molecule has 0 radical (unpaired) electrons. The van der Waals surface area contributed by atoms with Crippen LogP contribution in [0.25, 0.3) is 0 Å². The van der Waals surface area contributed by atoms with Crippen molar-refractivity contribution in [3.05, 3.63) is 89.1 Å². The number of carbonyl (C=O) groups excluding carboxylic acids is 1. The third-order valence-electron chi connectivity index (χ3n) is 5.23. The van der Waals surface area contributed by atoms with Gasteiger partial charge in [-0.15, -0.1) is 0 Å². The van der Waals surface area contributed by atoms with Gasteiger partial charge < -0.3 is 16.0 Å². The first kappa shape index (κ1) is 23.8. The van der Waals surface area contributed by atoms with Gasteiger partial charge in [0.15, 0.2) is 5.96 Å². The van der Waals surface area contributed by atoms with Crippen LogP contribution < -0.4 is 11.1 Å². The smallest absolute Gasteiger partial charge is 0.256 e. The first-order valence-electron chi connectivity index (χ1n) is 10.4. The lowest BCUT2D eigenvalue weighted by atomic mass is 10.0. The number of aromatic nitrogens is 2. The summed E-state index contributed by atoms with van der Waals surface area (Å²) in [7, 11) is 1.54.